The van der Waals surface area contributed by atoms with E-state index in [0.717, 1.165) is 28.6 Å². The Morgan fingerprint density at radius 3 is 2.58 bits per heavy atom. The first-order chi connectivity index (χ1) is 12.4. The number of fused-ring (bicyclic) bond motifs is 1. The van der Waals surface area contributed by atoms with E-state index >= 15 is 0 Å². The van der Waals surface area contributed by atoms with Crippen molar-refractivity contribution in [3.63, 3.8) is 0 Å². The fraction of sp³-hybridized carbons (Fsp3) is 0.278. The van der Waals surface area contributed by atoms with Gasteiger partial charge in [0, 0.05) is 26.2 Å². The van der Waals surface area contributed by atoms with Crippen molar-refractivity contribution >= 4 is 27.0 Å². The summed E-state index contributed by atoms with van der Waals surface area (Å²) >= 11 is 0. The standard InChI is InChI=1S/C18H19FN4O2S/c1-13-5-6-16-17(11-13)21-18(20-16)22-7-9-23(10-8-22)26(24,25)15-4-2-3-14(19)12-15/h2-6,11-12H,7-10H2,1H3,(H,20,21). The molecule has 1 fully saturated rings. The zero-order valence-electron chi connectivity index (χ0n) is 14.3. The molecule has 0 aliphatic carbocycles. The van der Waals surface area contributed by atoms with E-state index in [1.165, 1.54) is 22.5 Å². The number of hydrogen-bond donors (Lipinski definition) is 1. The highest BCUT2D eigenvalue weighted by atomic mass is 32.2. The van der Waals surface area contributed by atoms with Crippen LogP contribution >= 0.6 is 0 Å². The van der Waals surface area contributed by atoms with E-state index in [0.29, 0.717) is 26.2 Å². The van der Waals surface area contributed by atoms with Gasteiger partial charge in [0.15, 0.2) is 0 Å². The monoisotopic (exact) mass is 374 g/mol. The number of H-pyrrole nitrogens is 1. The van der Waals surface area contributed by atoms with E-state index in [4.69, 9.17) is 0 Å². The number of aromatic amines is 1. The maximum absolute atomic E-state index is 13.4. The average Bonchev–Trinajstić information content (AvgIpc) is 3.05. The first-order valence-electron chi connectivity index (χ1n) is 8.40. The molecule has 1 aliphatic heterocycles. The predicted octanol–water partition coefficient (Wildman–Crippen LogP) is 2.52. The van der Waals surface area contributed by atoms with Crippen molar-refractivity contribution in [2.75, 3.05) is 31.1 Å². The number of anilines is 1. The van der Waals surface area contributed by atoms with E-state index in [1.807, 2.05) is 30.0 Å². The van der Waals surface area contributed by atoms with Gasteiger partial charge in [-0.25, -0.2) is 17.8 Å². The minimum Gasteiger partial charge on any atom is -0.340 e. The van der Waals surface area contributed by atoms with Crippen LogP contribution in [0.2, 0.25) is 0 Å². The third-order valence-electron chi connectivity index (χ3n) is 4.60. The molecule has 0 unspecified atom stereocenters. The fourth-order valence-electron chi connectivity index (χ4n) is 3.18. The fourth-order valence-corrected chi connectivity index (χ4v) is 4.63. The highest BCUT2D eigenvalue weighted by Crippen LogP contribution is 2.22. The number of aromatic nitrogens is 2. The van der Waals surface area contributed by atoms with Crippen molar-refractivity contribution in [2.24, 2.45) is 0 Å². The number of hydrogen-bond acceptors (Lipinski definition) is 4. The molecule has 0 atom stereocenters. The summed E-state index contributed by atoms with van der Waals surface area (Å²) in [6.45, 7) is 3.72. The van der Waals surface area contributed by atoms with Gasteiger partial charge in [0.05, 0.1) is 15.9 Å². The molecule has 8 heteroatoms. The predicted molar refractivity (Wildman–Crippen MR) is 98.2 cm³/mol. The van der Waals surface area contributed by atoms with Crippen LogP contribution in [0, 0.1) is 12.7 Å². The van der Waals surface area contributed by atoms with Gasteiger partial charge >= 0.3 is 0 Å². The number of sulfonamides is 1. The van der Waals surface area contributed by atoms with Crippen LogP contribution in [0.4, 0.5) is 10.3 Å². The lowest BCUT2D eigenvalue weighted by Crippen LogP contribution is -2.49. The molecule has 2 heterocycles. The summed E-state index contributed by atoms with van der Waals surface area (Å²) in [6, 6.07) is 11.1. The highest BCUT2D eigenvalue weighted by molar-refractivity contribution is 7.89. The normalized spacial score (nSPS) is 16.3. The van der Waals surface area contributed by atoms with Gasteiger partial charge in [-0.3, -0.25) is 0 Å². The van der Waals surface area contributed by atoms with Crippen LogP contribution < -0.4 is 4.90 Å². The van der Waals surface area contributed by atoms with Crippen molar-refractivity contribution < 1.29 is 12.8 Å². The average molecular weight is 374 g/mol. The van der Waals surface area contributed by atoms with E-state index < -0.39 is 15.8 Å². The Morgan fingerprint density at radius 1 is 1.08 bits per heavy atom. The summed E-state index contributed by atoms with van der Waals surface area (Å²) < 4.78 is 40.1. The topological polar surface area (TPSA) is 69.3 Å². The van der Waals surface area contributed by atoms with Crippen LogP contribution in [0.15, 0.2) is 47.4 Å². The number of piperazine rings is 1. The van der Waals surface area contributed by atoms with Gasteiger partial charge in [-0.15, -0.1) is 0 Å². The van der Waals surface area contributed by atoms with Crippen molar-refractivity contribution in [3.05, 3.63) is 53.8 Å². The lowest BCUT2D eigenvalue weighted by molar-refractivity contribution is 0.382. The summed E-state index contributed by atoms with van der Waals surface area (Å²) in [5, 5.41) is 0. The number of nitrogens with one attached hydrogen (secondary N) is 1. The van der Waals surface area contributed by atoms with Gasteiger partial charge in [-0.05, 0) is 42.8 Å². The number of halogens is 1. The largest absolute Gasteiger partial charge is 0.340 e. The minimum atomic E-state index is -3.68. The molecular weight excluding hydrogens is 355 g/mol. The summed E-state index contributed by atoms with van der Waals surface area (Å²) in [7, 11) is -3.68. The molecule has 1 N–H and O–H groups in total. The van der Waals surface area contributed by atoms with Gasteiger partial charge in [0.1, 0.15) is 5.82 Å². The molecule has 6 nitrogen and oxygen atoms in total. The molecule has 0 spiro atoms. The minimum absolute atomic E-state index is 0.00911. The molecule has 2 aromatic carbocycles. The van der Waals surface area contributed by atoms with Gasteiger partial charge in [0.25, 0.3) is 0 Å². The highest BCUT2D eigenvalue weighted by Gasteiger charge is 2.29. The Hall–Kier alpha value is -2.45. The zero-order chi connectivity index (χ0) is 18.3. The number of nitrogens with zero attached hydrogens (tertiary/aromatic N) is 3. The van der Waals surface area contributed by atoms with Gasteiger partial charge in [-0.2, -0.15) is 4.31 Å². The van der Waals surface area contributed by atoms with E-state index in [-0.39, 0.29) is 4.90 Å². The summed E-state index contributed by atoms with van der Waals surface area (Å²) in [6.07, 6.45) is 0. The summed E-state index contributed by atoms with van der Waals surface area (Å²) in [5.41, 5.74) is 3.01. The molecule has 1 aromatic heterocycles. The second kappa shape index (κ2) is 6.37. The maximum Gasteiger partial charge on any atom is 0.243 e. The van der Waals surface area contributed by atoms with E-state index in [9.17, 15) is 12.8 Å². The number of rotatable bonds is 3. The molecule has 0 saturated carbocycles. The molecule has 1 saturated heterocycles. The van der Waals surface area contributed by atoms with Gasteiger partial charge in [-0.1, -0.05) is 12.1 Å². The molecule has 1 aliphatic rings. The van der Waals surface area contributed by atoms with Crippen LogP contribution in [-0.4, -0.2) is 48.9 Å². The third kappa shape index (κ3) is 3.06. The Kier molecular flexibility index (Phi) is 4.16. The summed E-state index contributed by atoms with van der Waals surface area (Å²) in [4.78, 5) is 9.91. The second-order valence-corrected chi connectivity index (χ2v) is 8.37. The van der Waals surface area contributed by atoms with E-state index in [1.54, 1.807) is 0 Å². The van der Waals surface area contributed by atoms with Crippen LogP contribution in [0.5, 0.6) is 0 Å². The molecule has 0 radical (unpaired) electrons. The Labute approximate surface area is 151 Å². The second-order valence-electron chi connectivity index (χ2n) is 6.43. The molecule has 0 bridgehead atoms. The van der Waals surface area contributed by atoms with Crippen molar-refractivity contribution in [3.8, 4) is 0 Å². The Bertz CT molecular complexity index is 1060. The van der Waals surface area contributed by atoms with E-state index in [2.05, 4.69) is 9.97 Å². The number of aryl methyl sites for hydroxylation is 1. The van der Waals surface area contributed by atoms with Crippen molar-refractivity contribution in [1.29, 1.82) is 0 Å². The van der Waals surface area contributed by atoms with Crippen molar-refractivity contribution in [2.45, 2.75) is 11.8 Å². The molecule has 26 heavy (non-hydrogen) atoms. The Balaban J connectivity index is 1.51. The maximum atomic E-state index is 13.4. The lowest BCUT2D eigenvalue weighted by atomic mass is 10.2. The van der Waals surface area contributed by atoms with Crippen LogP contribution in [0.1, 0.15) is 5.56 Å². The van der Waals surface area contributed by atoms with Crippen LogP contribution in [-0.2, 0) is 10.0 Å². The van der Waals surface area contributed by atoms with Crippen LogP contribution in [0.25, 0.3) is 11.0 Å². The first kappa shape index (κ1) is 17.0. The molecule has 136 valence electrons. The number of imidazole rings is 1. The molecule has 0 amide bonds. The SMILES string of the molecule is Cc1ccc2nc(N3CCN(S(=O)(=O)c4cccc(F)c4)CC3)[nH]c2c1. The Morgan fingerprint density at radius 2 is 1.85 bits per heavy atom. The van der Waals surface area contributed by atoms with Gasteiger partial charge < -0.3 is 9.88 Å². The third-order valence-corrected chi connectivity index (χ3v) is 6.49. The first-order valence-corrected chi connectivity index (χ1v) is 9.84. The zero-order valence-corrected chi connectivity index (χ0v) is 15.1. The van der Waals surface area contributed by atoms with Crippen LogP contribution in [0.3, 0.4) is 0 Å². The van der Waals surface area contributed by atoms with Gasteiger partial charge in [0.2, 0.25) is 16.0 Å². The number of benzene rings is 2. The molecule has 3 aromatic rings. The smallest absolute Gasteiger partial charge is 0.243 e. The molecule has 4 rings (SSSR count). The quantitative estimate of drug-likeness (QED) is 0.765. The summed E-state index contributed by atoms with van der Waals surface area (Å²) in [5.74, 6) is 0.190. The van der Waals surface area contributed by atoms with Crippen molar-refractivity contribution in [1.82, 2.24) is 14.3 Å². The molecular formula is C18H19FN4O2S. The lowest BCUT2D eigenvalue weighted by Gasteiger charge is -2.33.